The molecule has 148 valence electrons. The average molecular weight is 426 g/mol. The van der Waals surface area contributed by atoms with Gasteiger partial charge in [-0.25, -0.2) is 18.2 Å². The van der Waals surface area contributed by atoms with Crippen LogP contribution in [-0.4, -0.2) is 18.2 Å². The minimum atomic E-state index is -3.78. The zero-order chi connectivity index (χ0) is 21.0. The van der Waals surface area contributed by atoms with Crippen LogP contribution in [0.25, 0.3) is 22.5 Å². The summed E-state index contributed by atoms with van der Waals surface area (Å²) in [6.45, 7) is 5.78. The van der Waals surface area contributed by atoms with Crippen molar-refractivity contribution in [2.75, 3.05) is 0 Å². The molecular formula is C22H20ClN3O2S. The fourth-order valence-corrected chi connectivity index (χ4v) is 3.69. The van der Waals surface area contributed by atoms with Gasteiger partial charge in [-0.3, -0.25) is 0 Å². The van der Waals surface area contributed by atoms with Gasteiger partial charge in [0, 0.05) is 11.1 Å². The topological polar surface area (TPSA) is 78.0 Å². The van der Waals surface area contributed by atoms with Crippen molar-refractivity contribution in [3.05, 3.63) is 96.2 Å². The number of hydrogen-bond acceptors (Lipinski definition) is 3. The third-order valence-corrected chi connectivity index (χ3v) is 5.53. The van der Waals surface area contributed by atoms with Crippen LogP contribution >= 0.6 is 11.6 Å². The summed E-state index contributed by atoms with van der Waals surface area (Å²) in [5.41, 5.74) is 3.57. The normalized spacial score (nSPS) is 12.4. The Morgan fingerprint density at radius 1 is 1.14 bits per heavy atom. The van der Waals surface area contributed by atoms with E-state index in [4.69, 9.17) is 21.8 Å². The van der Waals surface area contributed by atoms with Gasteiger partial charge in [0.15, 0.2) is 0 Å². The molecule has 29 heavy (non-hydrogen) atoms. The van der Waals surface area contributed by atoms with Gasteiger partial charge in [0.2, 0.25) is 10.0 Å². The van der Waals surface area contributed by atoms with Crippen LogP contribution < -0.4 is 5.14 Å². The van der Waals surface area contributed by atoms with Gasteiger partial charge in [-0.15, -0.1) is 0 Å². The molecule has 0 spiro atoms. The predicted octanol–water partition coefficient (Wildman–Crippen LogP) is 4.99. The van der Waals surface area contributed by atoms with Gasteiger partial charge in [0.05, 0.1) is 21.3 Å². The van der Waals surface area contributed by atoms with Crippen LogP contribution in [0.3, 0.4) is 0 Å². The first-order chi connectivity index (χ1) is 13.9. The Morgan fingerprint density at radius 2 is 1.79 bits per heavy atom. The molecule has 0 amide bonds. The van der Waals surface area contributed by atoms with Crippen molar-refractivity contribution >= 4 is 27.2 Å². The molecule has 0 radical (unpaired) electrons. The second-order valence-corrected chi connectivity index (χ2v) is 8.12. The van der Waals surface area contributed by atoms with E-state index in [0.717, 1.165) is 11.1 Å². The molecule has 0 saturated heterocycles. The van der Waals surface area contributed by atoms with Crippen LogP contribution in [0.2, 0.25) is 5.02 Å². The maximum atomic E-state index is 11.6. The number of halogens is 1. The van der Waals surface area contributed by atoms with Gasteiger partial charge in [-0.1, -0.05) is 72.8 Å². The lowest BCUT2D eigenvalue weighted by molar-refractivity contribution is 0.598. The molecular weight excluding hydrogens is 406 g/mol. The molecule has 0 aliphatic rings. The van der Waals surface area contributed by atoms with E-state index < -0.39 is 10.0 Å². The van der Waals surface area contributed by atoms with Crippen LogP contribution in [0.4, 0.5) is 0 Å². The molecule has 2 aromatic carbocycles. The Hall–Kier alpha value is -2.93. The van der Waals surface area contributed by atoms with Crippen LogP contribution in [0.15, 0.2) is 90.4 Å². The average Bonchev–Trinajstić information content (AvgIpc) is 3.06. The molecule has 0 bridgehead atoms. The van der Waals surface area contributed by atoms with Crippen molar-refractivity contribution in [3.63, 3.8) is 0 Å². The van der Waals surface area contributed by atoms with Crippen molar-refractivity contribution in [3.8, 4) is 16.9 Å². The predicted molar refractivity (Wildman–Crippen MR) is 118 cm³/mol. The number of primary sulfonamides is 1. The van der Waals surface area contributed by atoms with Crippen LogP contribution in [-0.2, 0) is 10.0 Å². The van der Waals surface area contributed by atoms with E-state index in [9.17, 15) is 8.42 Å². The molecule has 1 aromatic heterocycles. The third-order valence-electron chi connectivity index (χ3n) is 4.25. The molecule has 0 saturated carbocycles. The molecule has 0 fully saturated rings. The lowest BCUT2D eigenvalue weighted by Crippen LogP contribution is -2.12. The van der Waals surface area contributed by atoms with Gasteiger partial charge < -0.3 is 0 Å². The molecule has 0 aliphatic heterocycles. The first kappa shape index (κ1) is 20.8. The smallest absolute Gasteiger partial charge is 0.231 e. The minimum absolute atomic E-state index is 0.0285. The van der Waals surface area contributed by atoms with Crippen molar-refractivity contribution in [1.29, 1.82) is 0 Å². The first-order valence-electron chi connectivity index (χ1n) is 8.79. The second-order valence-electron chi connectivity index (χ2n) is 6.18. The van der Waals surface area contributed by atoms with Crippen molar-refractivity contribution in [2.45, 2.75) is 11.8 Å². The largest absolute Gasteiger partial charge is 0.238 e. The Kier molecular flexibility index (Phi) is 6.17. The maximum absolute atomic E-state index is 11.6. The van der Waals surface area contributed by atoms with Gasteiger partial charge >= 0.3 is 0 Å². The Bertz CT molecular complexity index is 1190. The van der Waals surface area contributed by atoms with E-state index in [2.05, 4.69) is 6.58 Å². The molecule has 2 N–H and O–H groups in total. The SMILES string of the molecule is C=C/C(=C\C=C/C)c1nn(-c2ccc(S(N)(=O)=O)cc2)c(-c2ccccc2)c1Cl. The van der Waals surface area contributed by atoms with Gasteiger partial charge in [0.25, 0.3) is 0 Å². The summed E-state index contributed by atoms with van der Waals surface area (Å²) in [5.74, 6) is 0. The lowest BCUT2D eigenvalue weighted by atomic mass is 10.1. The summed E-state index contributed by atoms with van der Waals surface area (Å²) in [7, 11) is -3.78. The number of allylic oxidation sites excluding steroid dienone is 5. The second kappa shape index (κ2) is 8.61. The summed E-state index contributed by atoms with van der Waals surface area (Å²) < 4.78 is 24.8. The number of nitrogens with zero attached hydrogens (tertiary/aromatic N) is 2. The molecule has 1 heterocycles. The monoisotopic (exact) mass is 425 g/mol. The lowest BCUT2D eigenvalue weighted by Gasteiger charge is -2.09. The summed E-state index contributed by atoms with van der Waals surface area (Å²) in [6, 6.07) is 15.8. The summed E-state index contributed by atoms with van der Waals surface area (Å²) in [5, 5.41) is 10.4. The fourth-order valence-electron chi connectivity index (χ4n) is 2.84. The van der Waals surface area contributed by atoms with Crippen molar-refractivity contribution in [2.24, 2.45) is 5.14 Å². The van der Waals surface area contributed by atoms with Crippen LogP contribution in [0.1, 0.15) is 12.6 Å². The summed E-state index contributed by atoms with van der Waals surface area (Å²) >= 11 is 6.76. The molecule has 3 rings (SSSR count). The van der Waals surface area contributed by atoms with E-state index in [0.29, 0.717) is 22.1 Å². The standard InChI is InChI=1S/C22H20ClN3O2S/c1-3-5-9-16(4-2)21-20(23)22(17-10-7-6-8-11-17)26(25-21)18-12-14-19(15-13-18)29(24,27)28/h3-15H,2H2,1H3,(H2,24,27,28)/b5-3-,16-9+. The molecule has 0 aliphatic carbocycles. The zero-order valence-electron chi connectivity index (χ0n) is 15.8. The van der Waals surface area contributed by atoms with E-state index in [1.165, 1.54) is 12.1 Å². The minimum Gasteiger partial charge on any atom is -0.231 e. The number of sulfonamides is 1. The zero-order valence-corrected chi connectivity index (χ0v) is 17.4. The van der Waals surface area contributed by atoms with E-state index >= 15 is 0 Å². The quantitative estimate of drug-likeness (QED) is 0.565. The summed E-state index contributed by atoms with van der Waals surface area (Å²) in [4.78, 5) is 0.0285. The highest BCUT2D eigenvalue weighted by atomic mass is 35.5. The van der Waals surface area contributed by atoms with Crippen molar-refractivity contribution < 1.29 is 8.42 Å². The third kappa shape index (κ3) is 4.40. The molecule has 0 atom stereocenters. The summed E-state index contributed by atoms with van der Waals surface area (Å²) in [6.07, 6.45) is 7.36. The van der Waals surface area contributed by atoms with Gasteiger partial charge in [-0.05, 0) is 31.2 Å². The Balaban J connectivity index is 2.25. The molecule has 0 unspecified atom stereocenters. The Labute approximate surface area is 175 Å². The highest BCUT2D eigenvalue weighted by Gasteiger charge is 2.20. The fraction of sp³-hybridized carbons (Fsp3) is 0.0455. The van der Waals surface area contributed by atoms with Crippen LogP contribution in [0.5, 0.6) is 0 Å². The van der Waals surface area contributed by atoms with Gasteiger partial charge in [0.1, 0.15) is 5.69 Å². The Morgan fingerprint density at radius 3 is 2.34 bits per heavy atom. The molecule has 3 aromatic rings. The highest BCUT2D eigenvalue weighted by Crippen LogP contribution is 2.36. The van der Waals surface area contributed by atoms with Gasteiger partial charge in [-0.2, -0.15) is 5.10 Å². The number of hydrogen-bond donors (Lipinski definition) is 1. The highest BCUT2D eigenvalue weighted by molar-refractivity contribution is 7.89. The molecule has 7 heteroatoms. The number of benzene rings is 2. The first-order valence-corrected chi connectivity index (χ1v) is 10.7. The molecule has 5 nitrogen and oxygen atoms in total. The number of aromatic nitrogens is 2. The van der Waals surface area contributed by atoms with E-state index in [1.807, 2.05) is 55.5 Å². The number of nitrogens with two attached hydrogens (primary N) is 1. The van der Waals surface area contributed by atoms with Crippen molar-refractivity contribution in [1.82, 2.24) is 9.78 Å². The van der Waals surface area contributed by atoms with Crippen LogP contribution in [0, 0.1) is 0 Å². The van der Waals surface area contributed by atoms with E-state index in [1.54, 1.807) is 22.9 Å². The number of rotatable bonds is 6. The van der Waals surface area contributed by atoms with E-state index in [-0.39, 0.29) is 4.90 Å². The maximum Gasteiger partial charge on any atom is 0.238 e.